The maximum absolute atomic E-state index is 11.0. The topological polar surface area (TPSA) is 85.6 Å². The molecule has 0 spiro atoms. The lowest BCUT2D eigenvalue weighted by atomic mass is 10.1. The quantitative estimate of drug-likeness (QED) is 0.410. The Morgan fingerprint density at radius 2 is 1.88 bits per heavy atom. The molecular formula is C11H17N3O3. The third-order valence-electron chi connectivity index (χ3n) is 2.41. The molecule has 0 unspecified atom stereocenters. The molecule has 0 aliphatic rings. The van der Waals surface area contributed by atoms with Crippen LogP contribution in [0, 0.1) is 6.92 Å². The van der Waals surface area contributed by atoms with Gasteiger partial charge in [0.05, 0.1) is 14.2 Å². The summed E-state index contributed by atoms with van der Waals surface area (Å²) < 4.78 is 10.4. The van der Waals surface area contributed by atoms with E-state index >= 15 is 0 Å². The van der Waals surface area contributed by atoms with Crippen LogP contribution in [0.25, 0.3) is 0 Å². The molecule has 0 saturated heterocycles. The van der Waals surface area contributed by atoms with Gasteiger partial charge in [0.15, 0.2) is 11.5 Å². The van der Waals surface area contributed by atoms with Crippen LogP contribution in [0.15, 0.2) is 12.1 Å². The van der Waals surface area contributed by atoms with Crippen molar-refractivity contribution in [1.29, 1.82) is 0 Å². The van der Waals surface area contributed by atoms with Crippen LogP contribution >= 0.6 is 0 Å². The van der Waals surface area contributed by atoms with Crippen molar-refractivity contribution in [2.24, 2.45) is 5.84 Å². The van der Waals surface area contributed by atoms with Gasteiger partial charge >= 0.3 is 6.03 Å². The Balaban J connectivity index is 2.89. The first-order valence-corrected chi connectivity index (χ1v) is 5.08. The van der Waals surface area contributed by atoms with E-state index in [0.717, 1.165) is 11.1 Å². The standard InChI is InChI=1S/C11H17N3O3/c1-7-4-9(16-2)10(17-3)5-8(7)6-13-11(15)14-12/h4-5H,6,12H2,1-3H3,(H2,13,14,15). The van der Waals surface area contributed by atoms with Gasteiger partial charge in [-0.2, -0.15) is 0 Å². The molecule has 1 aromatic rings. The monoisotopic (exact) mass is 239 g/mol. The second-order valence-corrected chi connectivity index (χ2v) is 3.46. The minimum Gasteiger partial charge on any atom is -0.493 e. The van der Waals surface area contributed by atoms with Gasteiger partial charge in [0.2, 0.25) is 0 Å². The molecule has 0 bridgehead atoms. The highest BCUT2D eigenvalue weighted by molar-refractivity contribution is 5.73. The average Bonchev–Trinajstić information content (AvgIpc) is 2.36. The number of urea groups is 1. The number of methoxy groups -OCH3 is 2. The van der Waals surface area contributed by atoms with Gasteiger partial charge in [-0.1, -0.05) is 0 Å². The molecule has 4 N–H and O–H groups in total. The Kier molecular flexibility index (Phi) is 4.59. The van der Waals surface area contributed by atoms with Gasteiger partial charge in [0.1, 0.15) is 0 Å². The van der Waals surface area contributed by atoms with E-state index < -0.39 is 6.03 Å². The zero-order valence-electron chi connectivity index (χ0n) is 10.2. The molecule has 0 aliphatic carbocycles. The molecule has 94 valence electrons. The molecule has 6 nitrogen and oxygen atoms in total. The fourth-order valence-corrected chi connectivity index (χ4v) is 1.44. The molecule has 0 radical (unpaired) electrons. The number of aryl methyl sites for hydroxylation is 1. The first kappa shape index (κ1) is 13.1. The summed E-state index contributed by atoms with van der Waals surface area (Å²) in [6, 6.07) is 3.25. The highest BCUT2D eigenvalue weighted by Crippen LogP contribution is 2.30. The number of hydrazine groups is 1. The van der Waals surface area contributed by atoms with E-state index in [4.69, 9.17) is 15.3 Å². The third-order valence-corrected chi connectivity index (χ3v) is 2.41. The average molecular weight is 239 g/mol. The molecule has 0 aromatic heterocycles. The number of rotatable bonds is 4. The number of amides is 2. The Morgan fingerprint density at radius 1 is 1.29 bits per heavy atom. The number of carbonyl (C=O) groups is 1. The zero-order chi connectivity index (χ0) is 12.8. The summed E-state index contributed by atoms with van der Waals surface area (Å²) in [6.07, 6.45) is 0. The number of hydrogen-bond acceptors (Lipinski definition) is 4. The lowest BCUT2D eigenvalue weighted by Crippen LogP contribution is -2.39. The van der Waals surface area contributed by atoms with Gasteiger partial charge in [-0.15, -0.1) is 0 Å². The van der Waals surface area contributed by atoms with Gasteiger partial charge < -0.3 is 14.8 Å². The van der Waals surface area contributed by atoms with Gasteiger partial charge in [0, 0.05) is 6.54 Å². The minimum atomic E-state index is -0.431. The maximum Gasteiger partial charge on any atom is 0.329 e. The van der Waals surface area contributed by atoms with Crippen molar-refractivity contribution in [2.45, 2.75) is 13.5 Å². The molecule has 2 amide bonds. The van der Waals surface area contributed by atoms with Crippen molar-refractivity contribution < 1.29 is 14.3 Å². The van der Waals surface area contributed by atoms with Crippen LogP contribution in [0.1, 0.15) is 11.1 Å². The van der Waals surface area contributed by atoms with Crippen LogP contribution in [0.3, 0.4) is 0 Å². The van der Waals surface area contributed by atoms with E-state index in [1.54, 1.807) is 14.2 Å². The molecular weight excluding hydrogens is 222 g/mol. The predicted molar refractivity (Wildman–Crippen MR) is 63.8 cm³/mol. The van der Waals surface area contributed by atoms with Crippen molar-refractivity contribution in [3.8, 4) is 11.5 Å². The molecule has 17 heavy (non-hydrogen) atoms. The van der Waals surface area contributed by atoms with Crippen LogP contribution in [0.2, 0.25) is 0 Å². The number of nitrogens with one attached hydrogen (secondary N) is 2. The van der Waals surface area contributed by atoms with E-state index in [9.17, 15) is 4.79 Å². The van der Waals surface area contributed by atoms with Crippen LogP contribution in [-0.4, -0.2) is 20.3 Å². The number of hydrogen-bond donors (Lipinski definition) is 3. The molecule has 0 aliphatic heterocycles. The van der Waals surface area contributed by atoms with Gasteiger partial charge in [-0.05, 0) is 30.2 Å². The lowest BCUT2D eigenvalue weighted by molar-refractivity contribution is 0.240. The van der Waals surface area contributed by atoms with Crippen molar-refractivity contribution >= 4 is 6.03 Å². The van der Waals surface area contributed by atoms with Crippen molar-refractivity contribution in [1.82, 2.24) is 10.7 Å². The Labute approximate surface area is 100 Å². The third kappa shape index (κ3) is 3.25. The fourth-order valence-electron chi connectivity index (χ4n) is 1.44. The Hall–Kier alpha value is -1.95. The van der Waals surface area contributed by atoms with Crippen molar-refractivity contribution in [2.75, 3.05) is 14.2 Å². The van der Waals surface area contributed by atoms with Gasteiger partial charge in [-0.3, -0.25) is 5.43 Å². The smallest absolute Gasteiger partial charge is 0.329 e. The molecule has 1 aromatic carbocycles. The largest absolute Gasteiger partial charge is 0.493 e. The molecule has 0 saturated carbocycles. The normalized spacial score (nSPS) is 9.65. The fraction of sp³-hybridized carbons (Fsp3) is 0.364. The summed E-state index contributed by atoms with van der Waals surface area (Å²) >= 11 is 0. The van der Waals surface area contributed by atoms with Gasteiger partial charge in [0.25, 0.3) is 0 Å². The maximum atomic E-state index is 11.0. The van der Waals surface area contributed by atoms with E-state index in [2.05, 4.69) is 5.32 Å². The minimum absolute atomic E-state index is 0.370. The highest BCUT2D eigenvalue weighted by atomic mass is 16.5. The number of nitrogens with two attached hydrogens (primary N) is 1. The van der Waals surface area contributed by atoms with E-state index in [1.807, 2.05) is 24.5 Å². The summed E-state index contributed by atoms with van der Waals surface area (Å²) in [5.74, 6) is 6.26. The zero-order valence-corrected chi connectivity index (χ0v) is 10.2. The summed E-state index contributed by atoms with van der Waals surface area (Å²) in [5, 5.41) is 2.61. The summed E-state index contributed by atoms with van der Waals surface area (Å²) in [7, 11) is 3.15. The van der Waals surface area contributed by atoms with E-state index in [1.165, 1.54) is 0 Å². The summed E-state index contributed by atoms with van der Waals surface area (Å²) in [4.78, 5) is 11.0. The highest BCUT2D eigenvalue weighted by Gasteiger charge is 2.09. The predicted octanol–water partition coefficient (Wildman–Crippen LogP) is 0.685. The van der Waals surface area contributed by atoms with Crippen LogP contribution in [-0.2, 0) is 6.54 Å². The molecule has 0 heterocycles. The van der Waals surface area contributed by atoms with Crippen LogP contribution < -0.4 is 26.1 Å². The van der Waals surface area contributed by atoms with Crippen LogP contribution in [0.5, 0.6) is 11.5 Å². The molecule has 1 rings (SSSR count). The second kappa shape index (κ2) is 5.95. The number of benzene rings is 1. The van der Waals surface area contributed by atoms with E-state index in [-0.39, 0.29) is 0 Å². The van der Waals surface area contributed by atoms with Gasteiger partial charge in [-0.25, -0.2) is 10.6 Å². The summed E-state index contributed by atoms with van der Waals surface area (Å²) in [5.41, 5.74) is 3.94. The number of ether oxygens (including phenoxy) is 2. The Morgan fingerprint density at radius 3 is 2.41 bits per heavy atom. The van der Waals surface area contributed by atoms with E-state index in [0.29, 0.717) is 18.0 Å². The second-order valence-electron chi connectivity index (χ2n) is 3.46. The number of carbonyl (C=O) groups excluding carboxylic acids is 1. The van der Waals surface area contributed by atoms with Crippen molar-refractivity contribution in [3.05, 3.63) is 23.3 Å². The van der Waals surface area contributed by atoms with Crippen molar-refractivity contribution in [3.63, 3.8) is 0 Å². The molecule has 0 atom stereocenters. The first-order valence-electron chi connectivity index (χ1n) is 5.08. The lowest BCUT2D eigenvalue weighted by Gasteiger charge is -2.13. The molecule has 0 fully saturated rings. The van der Waals surface area contributed by atoms with Crippen LogP contribution in [0.4, 0.5) is 4.79 Å². The Bertz CT molecular complexity index is 407. The first-order chi connectivity index (χ1) is 8.12. The SMILES string of the molecule is COc1cc(C)c(CNC(=O)NN)cc1OC. The summed E-state index contributed by atoms with van der Waals surface area (Å²) in [6.45, 7) is 2.30. The molecule has 6 heteroatoms.